The van der Waals surface area contributed by atoms with E-state index in [9.17, 15) is 18.0 Å². The SMILES string of the molecule is CC(C)CNC(=O)C(Cc1ccccc1)N(Cc1ccc(Cl)cc1)C(=O)CN(C)S(=O)(=O)c1ccc2ccccc2c1. The Hall–Kier alpha value is -3.72. The van der Waals surface area contributed by atoms with Crippen molar-refractivity contribution in [1.82, 2.24) is 14.5 Å². The molecule has 0 aliphatic carbocycles. The van der Waals surface area contributed by atoms with Crippen LogP contribution in [0.4, 0.5) is 0 Å². The van der Waals surface area contributed by atoms with Crippen molar-refractivity contribution < 1.29 is 18.0 Å². The summed E-state index contributed by atoms with van der Waals surface area (Å²) in [7, 11) is -2.61. The molecule has 0 fully saturated rings. The van der Waals surface area contributed by atoms with E-state index in [1.54, 1.807) is 42.5 Å². The van der Waals surface area contributed by atoms with Crippen molar-refractivity contribution in [3.63, 3.8) is 0 Å². The van der Waals surface area contributed by atoms with Gasteiger partial charge in [-0.2, -0.15) is 4.31 Å². The highest BCUT2D eigenvalue weighted by Gasteiger charge is 2.33. The molecule has 1 unspecified atom stereocenters. The van der Waals surface area contributed by atoms with Crippen LogP contribution in [0.5, 0.6) is 0 Å². The van der Waals surface area contributed by atoms with Gasteiger partial charge in [0.15, 0.2) is 0 Å². The molecule has 0 radical (unpaired) electrons. The molecule has 1 atom stereocenters. The maximum atomic E-state index is 14.0. The van der Waals surface area contributed by atoms with E-state index in [0.717, 1.165) is 26.2 Å². The van der Waals surface area contributed by atoms with Gasteiger partial charge in [-0.1, -0.05) is 98.2 Å². The van der Waals surface area contributed by atoms with Crippen molar-refractivity contribution >= 4 is 44.2 Å². The summed E-state index contributed by atoms with van der Waals surface area (Å²) in [6, 6.07) is 28.0. The average molecular weight is 606 g/mol. The summed E-state index contributed by atoms with van der Waals surface area (Å²) < 4.78 is 28.2. The number of hydrogen-bond acceptors (Lipinski definition) is 4. The molecule has 0 saturated carbocycles. The lowest BCUT2D eigenvalue weighted by Gasteiger charge is -2.33. The van der Waals surface area contributed by atoms with Gasteiger partial charge in [0.1, 0.15) is 6.04 Å². The quantitative estimate of drug-likeness (QED) is 0.230. The topological polar surface area (TPSA) is 86.8 Å². The molecule has 0 bridgehead atoms. The largest absolute Gasteiger partial charge is 0.354 e. The summed E-state index contributed by atoms with van der Waals surface area (Å²) >= 11 is 6.10. The van der Waals surface area contributed by atoms with Crippen molar-refractivity contribution in [3.8, 4) is 0 Å². The predicted molar refractivity (Wildman–Crippen MR) is 168 cm³/mol. The molecule has 9 heteroatoms. The van der Waals surface area contributed by atoms with Crippen molar-refractivity contribution in [2.24, 2.45) is 5.92 Å². The number of nitrogens with zero attached hydrogens (tertiary/aromatic N) is 2. The number of nitrogens with one attached hydrogen (secondary N) is 1. The molecule has 7 nitrogen and oxygen atoms in total. The van der Waals surface area contributed by atoms with Crippen LogP contribution in [0.1, 0.15) is 25.0 Å². The highest BCUT2D eigenvalue weighted by Crippen LogP contribution is 2.22. The highest BCUT2D eigenvalue weighted by molar-refractivity contribution is 7.89. The Morgan fingerprint density at radius 1 is 0.833 bits per heavy atom. The summed E-state index contributed by atoms with van der Waals surface area (Å²) in [5.74, 6) is -0.572. The van der Waals surface area contributed by atoms with Crippen LogP contribution in [0.25, 0.3) is 10.8 Å². The van der Waals surface area contributed by atoms with E-state index in [2.05, 4.69) is 5.32 Å². The summed E-state index contributed by atoms with van der Waals surface area (Å²) in [4.78, 5) is 29.2. The van der Waals surface area contributed by atoms with Crippen LogP contribution in [0.2, 0.25) is 5.02 Å². The third-order valence-corrected chi connectivity index (χ3v) is 9.06. The van der Waals surface area contributed by atoms with Gasteiger partial charge in [0.05, 0.1) is 11.4 Å². The van der Waals surface area contributed by atoms with Crippen LogP contribution in [0.3, 0.4) is 0 Å². The normalized spacial score (nSPS) is 12.4. The van der Waals surface area contributed by atoms with Gasteiger partial charge in [-0.05, 0) is 52.1 Å². The van der Waals surface area contributed by atoms with E-state index in [0.29, 0.717) is 11.6 Å². The van der Waals surface area contributed by atoms with Gasteiger partial charge >= 0.3 is 0 Å². The lowest BCUT2D eigenvalue weighted by atomic mass is 10.0. The van der Waals surface area contributed by atoms with Gasteiger partial charge < -0.3 is 10.2 Å². The molecule has 0 spiro atoms. The lowest BCUT2D eigenvalue weighted by molar-refractivity contribution is -0.141. The summed E-state index contributed by atoms with van der Waals surface area (Å²) in [6.45, 7) is 4.10. The zero-order valence-corrected chi connectivity index (χ0v) is 25.6. The third kappa shape index (κ3) is 7.97. The molecule has 1 N–H and O–H groups in total. The minimum Gasteiger partial charge on any atom is -0.354 e. The second kappa shape index (κ2) is 14.0. The molecule has 4 aromatic carbocycles. The van der Waals surface area contributed by atoms with E-state index in [-0.39, 0.29) is 29.7 Å². The zero-order chi connectivity index (χ0) is 30.3. The maximum absolute atomic E-state index is 14.0. The first-order valence-electron chi connectivity index (χ1n) is 13.9. The molecule has 220 valence electrons. The molecule has 0 aliphatic rings. The fraction of sp³-hybridized carbons (Fsp3) is 0.273. The Balaban J connectivity index is 1.66. The standard InChI is InChI=1S/C33H36ClN3O4S/c1-24(2)21-35-33(39)31(19-25-9-5-4-6-10-25)37(22-26-13-16-29(34)17-14-26)32(38)23-36(3)42(40,41)30-18-15-27-11-7-8-12-28(27)20-30/h4-18,20,24,31H,19,21-23H2,1-3H3,(H,35,39). The molecule has 0 aliphatic heterocycles. The van der Waals surface area contributed by atoms with E-state index in [1.807, 2.05) is 68.4 Å². The van der Waals surface area contributed by atoms with Crippen LogP contribution in [0, 0.1) is 5.92 Å². The van der Waals surface area contributed by atoms with Crippen LogP contribution >= 0.6 is 11.6 Å². The average Bonchev–Trinajstić information content (AvgIpc) is 2.98. The fourth-order valence-electron chi connectivity index (χ4n) is 4.64. The first kappa shape index (κ1) is 31.2. The Kier molecular flexibility index (Phi) is 10.4. The summed E-state index contributed by atoms with van der Waals surface area (Å²) in [5.41, 5.74) is 1.65. The lowest BCUT2D eigenvalue weighted by Crippen LogP contribution is -2.53. The molecule has 0 aromatic heterocycles. The Morgan fingerprint density at radius 3 is 2.14 bits per heavy atom. The second-order valence-electron chi connectivity index (χ2n) is 10.8. The summed E-state index contributed by atoms with van der Waals surface area (Å²) in [5, 5.41) is 5.22. The van der Waals surface area contributed by atoms with Gasteiger partial charge in [-0.25, -0.2) is 8.42 Å². The number of halogens is 1. The fourth-order valence-corrected chi connectivity index (χ4v) is 5.92. The number of carbonyl (C=O) groups is 2. The number of amides is 2. The number of sulfonamides is 1. The molecule has 4 rings (SSSR count). The van der Waals surface area contributed by atoms with Gasteiger partial charge in [0.25, 0.3) is 0 Å². The smallest absolute Gasteiger partial charge is 0.243 e. The number of fused-ring (bicyclic) bond motifs is 1. The van der Waals surface area contributed by atoms with Gasteiger partial charge in [-0.3, -0.25) is 9.59 Å². The molecular formula is C33H36ClN3O4S. The predicted octanol–water partition coefficient (Wildman–Crippen LogP) is 5.53. The van der Waals surface area contributed by atoms with E-state index in [1.165, 1.54) is 11.9 Å². The number of carbonyl (C=O) groups excluding carboxylic acids is 2. The first-order valence-corrected chi connectivity index (χ1v) is 15.7. The summed E-state index contributed by atoms with van der Waals surface area (Å²) in [6.07, 6.45) is 0.269. The Bertz CT molecular complexity index is 1630. The van der Waals surface area contributed by atoms with Gasteiger partial charge in [0, 0.05) is 31.6 Å². The molecule has 42 heavy (non-hydrogen) atoms. The monoisotopic (exact) mass is 605 g/mol. The Morgan fingerprint density at radius 2 is 1.48 bits per heavy atom. The maximum Gasteiger partial charge on any atom is 0.243 e. The van der Waals surface area contributed by atoms with E-state index < -0.39 is 28.5 Å². The molecule has 4 aromatic rings. The van der Waals surface area contributed by atoms with Crippen molar-refractivity contribution in [3.05, 3.63) is 113 Å². The van der Waals surface area contributed by atoms with Crippen LogP contribution in [-0.4, -0.2) is 55.6 Å². The van der Waals surface area contributed by atoms with E-state index >= 15 is 0 Å². The van der Waals surface area contributed by atoms with Crippen LogP contribution in [-0.2, 0) is 32.6 Å². The minimum atomic E-state index is -4.00. The van der Waals surface area contributed by atoms with Crippen molar-refractivity contribution in [2.75, 3.05) is 20.1 Å². The minimum absolute atomic E-state index is 0.0938. The van der Waals surface area contributed by atoms with E-state index in [4.69, 9.17) is 11.6 Å². The molecular weight excluding hydrogens is 570 g/mol. The van der Waals surface area contributed by atoms with Crippen molar-refractivity contribution in [1.29, 1.82) is 0 Å². The molecule has 0 saturated heterocycles. The van der Waals surface area contributed by atoms with Crippen LogP contribution in [0.15, 0.2) is 102 Å². The molecule has 2 amide bonds. The second-order valence-corrected chi connectivity index (χ2v) is 13.2. The van der Waals surface area contributed by atoms with Gasteiger partial charge in [0.2, 0.25) is 21.8 Å². The number of hydrogen-bond donors (Lipinski definition) is 1. The zero-order valence-electron chi connectivity index (χ0n) is 24.0. The van der Waals surface area contributed by atoms with Crippen LogP contribution < -0.4 is 5.32 Å². The first-order chi connectivity index (χ1) is 20.0. The number of benzene rings is 4. The number of rotatable bonds is 12. The van der Waals surface area contributed by atoms with Crippen molar-refractivity contribution in [2.45, 2.75) is 37.8 Å². The van der Waals surface area contributed by atoms with Gasteiger partial charge in [-0.15, -0.1) is 0 Å². The molecule has 0 heterocycles. The number of likely N-dealkylation sites (N-methyl/N-ethyl adjacent to an activating group) is 1. The highest BCUT2D eigenvalue weighted by atomic mass is 35.5. The Labute approximate surface area is 253 Å². The third-order valence-electron chi connectivity index (χ3n) is 7.01.